The van der Waals surface area contributed by atoms with E-state index in [4.69, 9.17) is 0 Å². The Morgan fingerprint density at radius 3 is 2.22 bits per heavy atom. The van der Waals surface area contributed by atoms with Gasteiger partial charge in [0.1, 0.15) is 5.75 Å². The van der Waals surface area contributed by atoms with Gasteiger partial charge in [-0.15, -0.1) is 13.2 Å². The van der Waals surface area contributed by atoms with Crippen molar-refractivity contribution in [2.24, 2.45) is 5.92 Å². The van der Waals surface area contributed by atoms with E-state index < -0.39 is 24.0 Å². The van der Waals surface area contributed by atoms with Gasteiger partial charge in [0.25, 0.3) is 0 Å². The lowest BCUT2D eigenvalue weighted by Gasteiger charge is -2.37. The van der Waals surface area contributed by atoms with Crippen LogP contribution in [0.5, 0.6) is 5.75 Å². The second kappa shape index (κ2) is 9.90. The molecule has 2 amide bonds. The van der Waals surface area contributed by atoms with E-state index in [1.165, 1.54) is 23.1 Å². The van der Waals surface area contributed by atoms with Crippen LogP contribution in [0, 0.1) is 5.92 Å². The summed E-state index contributed by atoms with van der Waals surface area (Å²) in [7, 11) is 0. The summed E-state index contributed by atoms with van der Waals surface area (Å²) in [6.07, 6.45) is -9.20. The van der Waals surface area contributed by atoms with Gasteiger partial charge >= 0.3 is 12.5 Å². The van der Waals surface area contributed by atoms with Crippen molar-refractivity contribution in [1.29, 1.82) is 0 Å². The maximum absolute atomic E-state index is 13.0. The highest BCUT2D eigenvalue weighted by molar-refractivity contribution is 5.89. The van der Waals surface area contributed by atoms with E-state index >= 15 is 0 Å². The summed E-state index contributed by atoms with van der Waals surface area (Å²) in [6.45, 7) is 1.71. The molecule has 2 aliphatic rings. The van der Waals surface area contributed by atoms with Gasteiger partial charge in [-0.25, -0.2) is 0 Å². The molecule has 2 saturated heterocycles. The van der Waals surface area contributed by atoms with Crippen molar-refractivity contribution in [3.8, 4) is 5.75 Å². The number of anilines is 1. The van der Waals surface area contributed by atoms with Crippen molar-refractivity contribution in [3.63, 3.8) is 0 Å². The van der Waals surface area contributed by atoms with E-state index in [2.05, 4.69) is 4.74 Å². The van der Waals surface area contributed by atoms with E-state index in [9.17, 15) is 35.9 Å². The number of rotatable bonds is 5. The third-order valence-corrected chi connectivity index (χ3v) is 6.22. The molecule has 1 unspecified atom stereocenters. The van der Waals surface area contributed by atoms with Crippen LogP contribution in [0.1, 0.15) is 17.5 Å². The van der Waals surface area contributed by atoms with Gasteiger partial charge in [0.15, 0.2) is 0 Å². The Balaban J connectivity index is 1.30. The Kier molecular flexibility index (Phi) is 7.05. The third kappa shape index (κ3) is 6.21. The highest BCUT2D eigenvalue weighted by Crippen LogP contribution is 2.32. The molecule has 4 rings (SSSR count). The smallest absolute Gasteiger partial charge is 0.406 e. The van der Waals surface area contributed by atoms with E-state index in [1.807, 2.05) is 0 Å². The molecule has 0 aliphatic carbocycles. The van der Waals surface area contributed by atoms with Crippen LogP contribution in [-0.2, 0) is 22.3 Å². The van der Waals surface area contributed by atoms with E-state index in [-0.39, 0.29) is 37.1 Å². The van der Waals surface area contributed by atoms with Crippen LogP contribution in [0.25, 0.3) is 0 Å². The minimum absolute atomic E-state index is 0.0297. The minimum Gasteiger partial charge on any atom is -0.406 e. The average Bonchev–Trinajstić information content (AvgIpc) is 3.18. The molecule has 2 heterocycles. The highest BCUT2D eigenvalue weighted by atomic mass is 19.4. The molecule has 0 radical (unpaired) electrons. The number of nitrogens with zero attached hydrogens (tertiary/aromatic N) is 3. The number of halogens is 6. The van der Waals surface area contributed by atoms with E-state index in [0.717, 1.165) is 24.3 Å². The fourth-order valence-corrected chi connectivity index (χ4v) is 4.43. The van der Waals surface area contributed by atoms with Crippen molar-refractivity contribution in [3.05, 3.63) is 59.7 Å². The van der Waals surface area contributed by atoms with Crippen LogP contribution in [-0.4, -0.2) is 60.7 Å². The monoisotopic (exact) mass is 515 g/mol. The van der Waals surface area contributed by atoms with E-state index in [0.29, 0.717) is 37.4 Å². The maximum atomic E-state index is 13.0. The van der Waals surface area contributed by atoms with Crippen LogP contribution in [0.2, 0.25) is 0 Å². The fourth-order valence-electron chi connectivity index (χ4n) is 4.43. The van der Waals surface area contributed by atoms with Crippen molar-refractivity contribution >= 4 is 17.5 Å². The molecular formula is C24H23F6N3O3. The molecule has 0 saturated carbocycles. The van der Waals surface area contributed by atoms with Gasteiger partial charge in [-0.05, 0) is 35.9 Å². The summed E-state index contributed by atoms with van der Waals surface area (Å²) in [5.74, 6) is -1.34. The first-order chi connectivity index (χ1) is 16.9. The fraction of sp³-hybridized carbons (Fsp3) is 0.417. The molecule has 36 heavy (non-hydrogen) atoms. The van der Waals surface area contributed by atoms with Crippen molar-refractivity contribution < 1.29 is 40.7 Å². The lowest BCUT2D eigenvalue weighted by atomic mass is 10.1. The molecule has 2 aromatic rings. The number of benzene rings is 2. The zero-order chi connectivity index (χ0) is 26.1. The maximum Gasteiger partial charge on any atom is 0.573 e. The van der Waals surface area contributed by atoms with Crippen LogP contribution < -0.4 is 9.64 Å². The Morgan fingerprint density at radius 2 is 1.61 bits per heavy atom. The summed E-state index contributed by atoms with van der Waals surface area (Å²) in [6, 6.07) is 10.2. The third-order valence-electron chi connectivity index (χ3n) is 6.22. The molecule has 194 valence electrons. The molecule has 0 N–H and O–H groups in total. The Labute approximate surface area is 203 Å². The number of ether oxygens (including phenoxy) is 1. The summed E-state index contributed by atoms with van der Waals surface area (Å²) in [5.41, 5.74) is 0.303. The number of hydrogen-bond acceptors (Lipinski definition) is 4. The molecule has 12 heteroatoms. The number of likely N-dealkylation sites (tertiary alicyclic amines) is 1. The second-order valence-corrected chi connectivity index (χ2v) is 8.73. The van der Waals surface area contributed by atoms with Crippen molar-refractivity contribution in [1.82, 2.24) is 9.80 Å². The Hall–Kier alpha value is -3.44. The van der Waals surface area contributed by atoms with Crippen LogP contribution >= 0.6 is 0 Å². The summed E-state index contributed by atoms with van der Waals surface area (Å²) in [4.78, 5) is 30.4. The van der Waals surface area contributed by atoms with Gasteiger partial charge in [-0.3, -0.25) is 9.59 Å². The first-order valence-corrected chi connectivity index (χ1v) is 11.2. The molecule has 2 fully saturated rings. The topological polar surface area (TPSA) is 53.1 Å². The SMILES string of the molecule is O=C1CC(C(=O)N2CCN(c3cccc(C(F)(F)F)c3)CC2)CN1Cc1ccc(OC(F)(F)F)cc1. The molecule has 1 atom stereocenters. The molecule has 0 bridgehead atoms. The molecule has 2 aliphatic heterocycles. The standard InChI is InChI=1S/C24H23F6N3O3/c25-23(26,27)18-2-1-3-19(13-18)31-8-10-32(11-9-31)22(35)17-12-21(34)33(15-17)14-16-4-6-20(7-5-16)36-24(28,29)30/h1-7,13,17H,8-12,14-15H2. The van der Waals surface area contributed by atoms with Crippen LogP contribution in [0.15, 0.2) is 48.5 Å². The first-order valence-electron chi connectivity index (χ1n) is 11.2. The van der Waals surface area contributed by atoms with Gasteiger partial charge < -0.3 is 19.4 Å². The normalized spacial score (nSPS) is 19.1. The minimum atomic E-state index is -4.79. The summed E-state index contributed by atoms with van der Waals surface area (Å²) in [5, 5.41) is 0. The molecule has 2 aromatic carbocycles. The predicted molar refractivity (Wildman–Crippen MR) is 117 cm³/mol. The van der Waals surface area contributed by atoms with Gasteiger partial charge in [0.05, 0.1) is 11.5 Å². The lowest BCUT2D eigenvalue weighted by molar-refractivity contribution is -0.274. The molecule has 0 aromatic heterocycles. The molecule has 0 spiro atoms. The Bertz CT molecular complexity index is 1100. The summed E-state index contributed by atoms with van der Waals surface area (Å²) < 4.78 is 79.8. The van der Waals surface area contributed by atoms with Gasteiger partial charge in [0.2, 0.25) is 11.8 Å². The lowest BCUT2D eigenvalue weighted by Crippen LogP contribution is -2.50. The summed E-state index contributed by atoms with van der Waals surface area (Å²) >= 11 is 0. The second-order valence-electron chi connectivity index (χ2n) is 8.73. The quantitative estimate of drug-likeness (QED) is 0.558. The van der Waals surface area contributed by atoms with Gasteiger partial charge in [-0.2, -0.15) is 13.2 Å². The first kappa shape index (κ1) is 25.6. The molecular weight excluding hydrogens is 492 g/mol. The average molecular weight is 515 g/mol. The predicted octanol–water partition coefficient (Wildman–Crippen LogP) is 4.30. The number of carbonyl (C=O) groups excluding carboxylic acids is 2. The van der Waals surface area contributed by atoms with Crippen LogP contribution in [0.4, 0.5) is 32.0 Å². The highest BCUT2D eigenvalue weighted by Gasteiger charge is 2.38. The Morgan fingerprint density at radius 1 is 0.944 bits per heavy atom. The molecule has 6 nitrogen and oxygen atoms in total. The van der Waals surface area contributed by atoms with Gasteiger partial charge in [0, 0.05) is 51.4 Å². The van der Waals surface area contributed by atoms with Crippen molar-refractivity contribution in [2.75, 3.05) is 37.6 Å². The van der Waals surface area contributed by atoms with Crippen molar-refractivity contribution in [2.45, 2.75) is 25.5 Å². The number of carbonyl (C=O) groups is 2. The zero-order valence-corrected chi connectivity index (χ0v) is 19.0. The van der Waals surface area contributed by atoms with E-state index in [1.54, 1.807) is 15.9 Å². The van der Waals surface area contributed by atoms with Gasteiger partial charge in [-0.1, -0.05) is 18.2 Å². The van der Waals surface area contributed by atoms with Crippen LogP contribution in [0.3, 0.4) is 0 Å². The zero-order valence-electron chi connectivity index (χ0n) is 19.0. The number of hydrogen-bond donors (Lipinski definition) is 0. The number of alkyl halides is 6. The number of amides is 2. The largest absolute Gasteiger partial charge is 0.573 e. The number of piperazine rings is 1.